The highest BCUT2D eigenvalue weighted by Gasteiger charge is 2.18. The maximum atomic E-state index is 5.46. The van der Waals surface area contributed by atoms with Crippen LogP contribution >= 0.6 is 0 Å². The Labute approximate surface area is 105 Å². The zero-order chi connectivity index (χ0) is 12.4. The first-order chi connectivity index (χ1) is 8.86. The van der Waals surface area contributed by atoms with Crippen LogP contribution in [0.2, 0.25) is 0 Å². The fourth-order valence-corrected chi connectivity index (χ4v) is 2.18. The molecule has 1 aliphatic heterocycles. The Kier molecular flexibility index (Phi) is 3.08. The molecule has 5 nitrogen and oxygen atoms in total. The van der Waals surface area contributed by atoms with Crippen molar-refractivity contribution in [2.45, 2.75) is 18.9 Å². The summed E-state index contributed by atoms with van der Waals surface area (Å²) in [6, 6.07) is 8.21. The summed E-state index contributed by atoms with van der Waals surface area (Å²) in [6.07, 6.45) is 1.07. The van der Waals surface area contributed by atoms with E-state index in [2.05, 4.69) is 22.3 Å². The molecule has 2 N–H and O–H groups in total. The fourth-order valence-electron chi connectivity index (χ4n) is 2.18. The molecule has 1 atom stereocenters. The molecule has 0 spiro atoms. The number of benzene rings is 1. The first kappa shape index (κ1) is 11.4. The number of ether oxygens (including phenoxy) is 1. The summed E-state index contributed by atoms with van der Waals surface area (Å²) >= 11 is 0. The summed E-state index contributed by atoms with van der Waals surface area (Å²) in [5.74, 6) is 1.53. The number of nitrogens with two attached hydrogens (primary N) is 1. The third kappa shape index (κ3) is 2.14. The van der Waals surface area contributed by atoms with E-state index in [1.165, 1.54) is 5.56 Å². The number of hydrogen-bond donors (Lipinski definition) is 1. The van der Waals surface area contributed by atoms with Crippen molar-refractivity contribution in [1.82, 2.24) is 10.1 Å². The van der Waals surface area contributed by atoms with Crippen LogP contribution in [-0.4, -0.2) is 23.4 Å². The van der Waals surface area contributed by atoms with E-state index in [4.69, 9.17) is 15.0 Å². The average Bonchev–Trinajstić information content (AvgIpc) is 3.10. The van der Waals surface area contributed by atoms with Crippen molar-refractivity contribution in [2.75, 3.05) is 13.2 Å². The van der Waals surface area contributed by atoms with Gasteiger partial charge in [0.1, 0.15) is 0 Å². The fraction of sp³-hybridized carbons (Fsp3) is 0.385. The summed E-state index contributed by atoms with van der Waals surface area (Å²) in [5, 5.41) is 3.93. The van der Waals surface area contributed by atoms with Crippen LogP contribution in [0, 0.1) is 0 Å². The van der Waals surface area contributed by atoms with Crippen LogP contribution in [0.4, 0.5) is 0 Å². The second-order valence-corrected chi connectivity index (χ2v) is 4.40. The highest BCUT2D eigenvalue weighted by Crippen LogP contribution is 2.28. The molecule has 1 saturated heterocycles. The summed E-state index contributed by atoms with van der Waals surface area (Å²) < 4.78 is 10.4. The molecule has 1 fully saturated rings. The van der Waals surface area contributed by atoms with Gasteiger partial charge in [-0.25, -0.2) is 0 Å². The Balaban J connectivity index is 1.90. The molecule has 1 aromatic carbocycles. The van der Waals surface area contributed by atoms with Gasteiger partial charge in [0.25, 0.3) is 0 Å². The SMILES string of the molecule is NCc1nc(-c2cccc(C3CCOC3)c2)no1. The third-order valence-corrected chi connectivity index (χ3v) is 3.19. The molecular weight excluding hydrogens is 230 g/mol. The normalized spacial score (nSPS) is 19.3. The van der Waals surface area contributed by atoms with Gasteiger partial charge in [0.15, 0.2) is 0 Å². The molecule has 2 aromatic rings. The van der Waals surface area contributed by atoms with Crippen molar-refractivity contribution in [3.63, 3.8) is 0 Å². The molecule has 0 saturated carbocycles. The van der Waals surface area contributed by atoms with E-state index in [1.54, 1.807) is 0 Å². The maximum absolute atomic E-state index is 5.46. The van der Waals surface area contributed by atoms with Gasteiger partial charge >= 0.3 is 0 Å². The van der Waals surface area contributed by atoms with Crippen molar-refractivity contribution in [3.05, 3.63) is 35.7 Å². The molecule has 5 heteroatoms. The Bertz CT molecular complexity index is 533. The van der Waals surface area contributed by atoms with E-state index >= 15 is 0 Å². The standard InChI is InChI=1S/C13H15N3O2/c14-7-12-15-13(16-18-12)10-3-1-2-9(6-10)11-4-5-17-8-11/h1-3,6,11H,4-5,7-8,14H2. The molecule has 3 rings (SSSR count). The van der Waals surface area contributed by atoms with E-state index in [9.17, 15) is 0 Å². The molecule has 18 heavy (non-hydrogen) atoms. The molecule has 0 bridgehead atoms. The Hall–Kier alpha value is -1.72. The van der Waals surface area contributed by atoms with Gasteiger partial charge in [-0.1, -0.05) is 23.4 Å². The van der Waals surface area contributed by atoms with E-state index in [-0.39, 0.29) is 6.54 Å². The predicted octanol–water partition coefficient (Wildman–Crippen LogP) is 1.70. The predicted molar refractivity (Wildman–Crippen MR) is 65.8 cm³/mol. The van der Waals surface area contributed by atoms with Crippen molar-refractivity contribution in [2.24, 2.45) is 5.73 Å². The Morgan fingerprint density at radius 1 is 1.39 bits per heavy atom. The molecule has 0 amide bonds. The third-order valence-electron chi connectivity index (χ3n) is 3.19. The van der Waals surface area contributed by atoms with Crippen LogP contribution < -0.4 is 5.73 Å². The zero-order valence-electron chi connectivity index (χ0n) is 10.0. The zero-order valence-corrected chi connectivity index (χ0v) is 10.0. The van der Waals surface area contributed by atoms with Crippen LogP contribution in [0.15, 0.2) is 28.8 Å². The minimum absolute atomic E-state index is 0.267. The highest BCUT2D eigenvalue weighted by molar-refractivity contribution is 5.55. The monoisotopic (exact) mass is 245 g/mol. The lowest BCUT2D eigenvalue weighted by atomic mass is 9.97. The minimum Gasteiger partial charge on any atom is -0.381 e. The van der Waals surface area contributed by atoms with Crippen LogP contribution in [0.1, 0.15) is 23.8 Å². The molecular formula is C13H15N3O2. The van der Waals surface area contributed by atoms with Crippen LogP contribution in [0.5, 0.6) is 0 Å². The number of hydrogen-bond acceptors (Lipinski definition) is 5. The van der Waals surface area contributed by atoms with Gasteiger partial charge in [-0.3, -0.25) is 0 Å². The van der Waals surface area contributed by atoms with Gasteiger partial charge in [-0.2, -0.15) is 4.98 Å². The summed E-state index contributed by atoms with van der Waals surface area (Å²) in [4.78, 5) is 4.23. The second-order valence-electron chi connectivity index (χ2n) is 4.40. The summed E-state index contributed by atoms with van der Waals surface area (Å²) in [5.41, 5.74) is 7.69. The van der Waals surface area contributed by atoms with Crippen molar-refractivity contribution >= 4 is 0 Å². The van der Waals surface area contributed by atoms with Gasteiger partial charge < -0.3 is 15.0 Å². The van der Waals surface area contributed by atoms with Crippen molar-refractivity contribution in [1.29, 1.82) is 0 Å². The summed E-state index contributed by atoms with van der Waals surface area (Å²) in [6.45, 7) is 1.90. The lowest BCUT2D eigenvalue weighted by Gasteiger charge is -2.08. The number of rotatable bonds is 3. The minimum atomic E-state index is 0.267. The van der Waals surface area contributed by atoms with Gasteiger partial charge in [0, 0.05) is 18.1 Å². The lowest BCUT2D eigenvalue weighted by Crippen LogP contribution is -1.98. The van der Waals surface area contributed by atoms with E-state index < -0.39 is 0 Å². The summed E-state index contributed by atoms with van der Waals surface area (Å²) in [7, 11) is 0. The van der Waals surface area contributed by atoms with Crippen molar-refractivity contribution in [3.8, 4) is 11.4 Å². The Morgan fingerprint density at radius 2 is 2.33 bits per heavy atom. The number of aromatic nitrogens is 2. The van der Waals surface area contributed by atoms with E-state index in [1.807, 2.05) is 12.1 Å². The van der Waals surface area contributed by atoms with Gasteiger partial charge in [-0.05, 0) is 18.1 Å². The van der Waals surface area contributed by atoms with Crippen LogP contribution in [0.3, 0.4) is 0 Å². The molecule has 0 aliphatic carbocycles. The maximum Gasteiger partial charge on any atom is 0.240 e. The van der Waals surface area contributed by atoms with E-state index in [0.717, 1.165) is 25.2 Å². The van der Waals surface area contributed by atoms with Gasteiger partial charge in [0.2, 0.25) is 11.7 Å². The van der Waals surface area contributed by atoms with Gasteiger partial charge in [0.05, 0.1) is 13.2 Å². The van der Waals surface area contributed by atoms with E-state index in [0.29, 0.717) is 17.6 Å². The average molecular weight is 245 g/mol. The Morgan fingerprint density at radius 3 is 3.06 bits per heavy atom. The molecule has 1 aliphatic rings. The number of nitrogens with zero attached hydrogens (tertiary/aromatic N) is 2. The topological polar surface area (TPSA) is 74.2 Å². The molecule has 94 valence electrons. The van der Waals surface area contributed by atoms with Gasteiger partial charge in [-0.15, -0.1) is 0 Å². The first-order valence-electron chi connectivity index (χ1n) is 6.07. The van der Waals surface area contributed by atoms with Crippen LogP contribution in [-0.2, 0) is 11.3 Å². The van der Waals surface area contributed by atoms with Crippen LogP contribution in [0.25, 0.3) is 11.4 Å². The smallest absolute Gasteiger partial charge is 0.240 e. The molecule has 1 unspecified atom stereocenters. The highest BCUT2D eigenvalue weighted by atomic mass is 16.5. The first-order valence-corrected chi connectivity index (χ1v) is 6.07. The lowest BCUT2D eigenvalue weighted by molar-refractivity contribution is 0.194. The molecule has 0 radical (unpaired) electrons. The second kappa shape index (κ2) is 4.88. The van der Waals surface area contributed by atoms with Crippen molar-refractivity contribution < 1.29 is 9.26 Å². The largest absolute Gasteiger partial charge is 0.381 e. The quantitative estimate of drug-likeness (QED) is 0.890. The molecule has 2 heterocycles. The molecule has 1 aromatic heterocycles.